The molecule has 2 aromatic rings. The van der Waals surface area contributed by atoms with Gasteiger partial charge in [0.1, 0.15) is 5.00 Å². The van der Waals surface area contributed by atoms with Gasteiger partial charge in [0, 0.05) is 36.6 Å². The first kappa shape index (κ1) is 15.1. The molecule has 3 rings (SSSR count). The molecule has 1 aliphatic heterocycles. The van der Waals surface area contributed by atoms with E-state index in [9.17, 15) is 5.11 Å². The van der Waals surface area contributed by atoms with Crippen molar-refractivity contribution >= 4 is 16.3 Å². The molecule has 1 saturated heterocycles. The van der Waals surface area contributed by atoms with Crippen molar-refractivity contribution in [3.63, 3.8) is 0 Å². The quantitative estimate of drug-likeness (QED) is 0.884. The van der Waals surface area contributed by atoms with Crippen LogP contribution in [0.4, 0.5) is 5.00 Å². The maximum absolute atomic E-state index is 9.18. The molecule has 0 aliphatic carbocycles. The molecule has 1 N–H and O–H groups in total. The van der Waals surface area contributed by atoms with Crippen LogP contribution in [-0.4, -0.2) is 38.0 Å². The number of ether oxygens (including phenoxy) is 1. The fourth-order valence-electron chi connectivity index (χ4n) is 2.42. The van der Waals surface area contributed by atoms with E-state index in [-0.39, 0.29) is 6.61 Å². The molecule has 0 unspecified atom stereocenters. The highest BCUT2D eigenvalue weighted by Gasteiger charge is 2.17. The van der Waals surface area contributed by atoms with E-state index in [0.29, 0.717) is 6.42 Å². The molecule has 1 aromatic carbocycles. The Labute approximate surface area is 135 Å². The number of hydrogen-bond acceptors (Lipinski definition) is 4. The second kappa shape index (κ2) is 7.46. The third kappa shape index (κ3) is 3.69. The Kier molecular flexibility index (Phi) is 5.12. The third-order valence-corrected chi connectivity index (χ3v) is 4.79. The average molecular weight is 313 g/mol. The second-order valence-electron chi connectivity index (χ2n) is 5.12. The molecule has 4 heteroatoms. The van der Waals surface area contributed by atoms with Crippen LogP contribution in [0, 0.1) is 11.8 Å². The van der Waals surface area contributed by atoms with Crippen LogP contribution in [0.25, 0.3) is 0 Å². The summed E-state index contributed by atoms with van der Waals surface area (Å²) in [5.41, 5.74) is 2.07. The number of anilines is 1. The lowest BCUT2D eigenvalue weighted by molar-refractivity contribution is 0.123. The van der Waals surface area contributed by atoms with Gasteiger partial charge in [-0.15, -0.1) is 11.3 Å². The van der Waals surface area contributed by atoms with Crippen LogP contribution in [0.15, 0.2) is 36.4 Å². The molecule has 1 aromatic heterocycles. The number of hydrogen-bond donors (Lipinski definition) is 1. The van der Waals surface area contributed by atoms with Gasteiger partial charge in [-0.3, -0.25) is 0 Å². The normalized spacial score (nSPS) is 14.5. The molecule has 114 valence electrons. The summed E-state index contributed by atoms with van der Waals surface area (Å²) in [5.74, 6) is 6.53. The highest BCUT2D eigenvalue weighted by Crippen LogP contribution is 2.32. The highest BCUT2D eigenvalue weighted by molar-refractivity contribution is 7.16. The van der Waals surface area contributed by atoms with Gasteiger partial charge < -0.3 is 14.7 Å². The zero-order valence-electron chi connectivity index (χ0n) is 12.4. The van der Waals surface area contributed by atoms with Crippen LogP contribution >= 0.6 is 11.3 Å². The van der Waals surface area contributed by atoms with Gasteiger partial charge >= 0.3 is 0 Å². The molecule has 0 bridgehead atoms. The Morgan fingerprint density at radius 2 is 1.91 bits per heavy atom. The minimum atomic E-state index is 0.175. The van der Waals surface area contributed by atoms with Gasteiger partial charge in [-0.25, -0.2) is 0 Å². The molecule has 2 heterocycles. The van der Waals surface area contributed by atoms with Crippen LogP contribution in [0.5, 0.6) is 0 Å². The minimum Gasteiger partial charge on any atom is -0.396 e. The summed E-state index contributed by atoms with van der Waals surface area (Å²) in [7, 11) is 0. The van der Waals surface area contributed by atoms with Crippen LogP contribution in [-0.2, 0) is 11.2 Å². The Morgan fingerprint density at radius 3 is 2.64 bits per heavy atom. The second-order valence-corrected chi connectivity index (χ2v) is 6.24. The van der Waals surface area contributed by atoms with Gasteiger partial charge in [-0.2, -0.15) is 0 Å². The van der Waals surface area contributed by atoms with E-state index in [1.165, 1.54) is 9.88 Å². The molecular formula is C18H19NO2S. The molecule has 0 radical (unpaired) electrons. The largest absolute Gasteiger partial charge is 0.396 e. The van der Waals surface area contributed by atoms with Gasteiger partial charge in [0.15, 0.2) is 0 Å². The molecule has 0 saturated carbocycles. The molecule has 3 nitrogen and oxygen atoms in total. The van der Waals surface area contributed by atoms with Crippen molar-refractivity contribution in [2.75, 3.05) is 37.8 Å². The highest BCUT2D eigenvalue weighted by atomic mass is 32.1. The zero-order valence-corrected chi connectivity index (χ0v) is 13.2. The molecule has 0 amide bonds. The van der Waals surface area contributed by atoms with E-state index in [2.05, 4.69) is 22.8 Å². The van der Waals surface area contributed by atoms with E-state index < -0.39 is 0 Å². The lowest BCUT2D eigenvalue weighted by Crippen LogP contribution is -2.36. The first-order valence-electron chi connectivity index (χ1n) is 7.50. The Balaban J connectivity index is 1.89. The van der Waals surface area contributed by atoms with Crippen molar-refractivity contribution in [1.82, 2.24) is 0 Å². The zero-order chi connectivity index (χ0) is 15.2. The monoisotopic (exact) mass is 313 g/mol. The number of thiophene rings is 1. The van der Waals surface area contributed by atoms with Crippen molar-refractivity contribution in [3.8, 4) is 11.8 Å². The molecule has 0 spiro atoms. The fraction of sp³-hybridized carbons (Fsp3) is 0.333. The summed E-state index contributed by atoms with van der Waals surface area (Å²) in [4.78, 5) is 3.52. The van der Waals surface area contributed by atoms with Crippen LogP contribution < -0.4 is 4.90 Å². The van der Waals surface area contributed by atoms with Crippen LogP contribution in [0.1, 0.15) is 16.0 Å². The van der Waals surface area contributed by atoms with E-state index in [0.717, 1.165) is 37.4 Å². The number of aliphatic hydroxyl groups is 1. The van der Waals surface area contributed by atoms with Crippen molar-refractivity contribution in [2.45, 2.75) is 6.42 Å². The summed E-state index contributed by atoms with van der Waals surface area (Å²) in [6.45, 7) is 3.50. The predicted octanol–water partition coefficient (Wildman–Crippen LogP) is 2.52. The first-order valence-corrected chi connectivity index (χ1v) is 8.32. The number of morpholine rings is 1. The Bertz CT molecular complexity index is 663. The lowest BCUT2D eigenvalue weighted by atomic mass is 10.2. The van der Waals surface area contributed by atoms with E-state index >= 15 is 0 Å². The molecular weight excluding hydrogens is 294 g/mol. The van der Waals surface area contributed by atoms with E-state index in [1.54, 1.807) is 11.3 Å². The van der Waals surface area contributed by atoms with Gasteiger partial charge in [0.25, 0.3) is 0 Å². The van der Waals surface area contributed by atoms with Gasteiger partial charge in [-0.05, 0) is 18.2 Å². The summed E-state index contributed by atoms with van der Waals surface area (Å²) in [5, 5.41) is 10.4. The minimum absolute atomic E-state index is 0.175. The van der Waals surface area contributed by atoms with Crippen LogP contribution in [0.2, 0.25) is 0 Å². The van der Waals surface area contributed by atoms with Gasteiger partial charge in [0.05, 0.1) is 18.8 Å². The average Bonchev–Trinajstić information content (AvgIpc) is 2.98. The molecule has 1 fully saturated rings. The molecule has 22 heavy (non-hydrogen) atoms. The Morgan fingerprint density at radius 1 is 1.14 bits per heavy atom. The maximum atomic E-state index is 9.18. The van der Waals surface area contributed by atoms with Gasteiger partial charge in [-0.1, -0.05) is 30.0 Å². The van der Waals surface area contributed by atoms with Crippen molar-refractivity contribution < 1.29 is 9.84 Å². The smallest absolute Gasteiger partial charge is 0.107 e. The number of benzene rings is 1. The van der Waals surface area contributed by atoms with Crippen molar-refractivity contribution in [2.24, 2.45) is 0 Å². The summed E-state index contributed by atoms with van der Waals surface area (Å²) < 4.78 is 5.43. The topological polar surface area (TPSA) is 32.7 Å². The number of nitrogens with zero attached hydrogens (tertiary/aromatic N) is 1. The summed E-state index contributed by atoms with van der Waals surface area (Å²) in [6, 6.07) is 12.1. The SMILES string of the molecule is OCCc1cc(C#Cc2ccccc2)c(N2CCOCC2)s1. The molecule has 1 aliphatic rings. The summed E-state index contributed by atoms with van der Waals surface area (Å²) in [6.07, 6.45) is 0.690. The van der Waals surface area contributed by atoms with E-state index in [1.807, 2.05) is 30.3 Å². The third-order valence-electron chi connectivity index (χ3n) is 3.54. The standard InChI is InChI=1S/C18H19NO2S/c20-11-8-17-14-16(7-6-15-4-2-1-3-5-15)18(22-17)19-9-12-21-13-10-19/h1-5,14,20H,8-13H2. The van der Waals surface area contributed by atoms with Crippen molar-refractivity contribution in [3.05, 3.63) is 52.4 Å². The van der Waals surface area contributed by atoms with Gasteiger partial charge in [0.2, 0.25) is 0 Å². The molecule has 0 atom stereocenters. The van der Waals surface area contributed by atoms with Crippen molar-refractivity contribution in [1.29, 1.82) is 0 Å². The Hall–Kier alpha value is -1.80. The summed E-state index contributed by atoms with van der Waals surface area (Å²) >= 11 is 1.73. The number of aliphatic hydroxyl groups excluding tert-OH is 1. The number of rotatable bonds is 3. The predicted molar refractivity (Wildman–Crippen MR) is 90.6 cm³/mol. The lowest BCUT2D eigenvalue weighted by Gasteiger charge is -2.27. The van der Waals surface area contributed by atoms with Crippen LogP contribution in [0.3, 0.4) is 0 Å². The first-order chi connectivity index (χ1) is 10.9. The fourth-order valence-corrected chi connectivity index (χ4v) is 3.57. The van der Waals surface area contributed by atoms with E-state index in [4.69, 9.17) is 4.74 Å². The maximum Gasteiger partial charge on any atom is 0.107 e.